The van der Waals surface area contributed by atoms with E-state index in [4.69, 9.17) is 4.74 Å². The summed E-state index contributed by atoms with van der Waals surface area (Å²) in [5, 5.41) is 14.5. The van der Waals surface area contributed by atoms with Crippen LogP contribution in [0.5, 0.6) is 0 Å². The third kappa shape index (κ3) is 7.64. The molecule has 4 aromatic rings. The molecular weight excluding hydrogens is 526 g/mol. The molecule has 2 heterocycles. The van der Waals surface area contributed by atoms with Gasteiger partial charge in [-0.25, -0.2) is 4.79 Å². The van der Waals surface area contributed by atoms with Gasteiger partial charge in [-0.05, 0) is 56.9 Å². The Morgan fingerprint density at radius 3 is 2.43 bits per heavy atom. The third-order valence-electron chi connectivity index (χ3n) is 7.26. The van der Waals surface area contributed by atoms with Crippen molar-refractivity contribution >= 4 is 12.0 Å². The average molecular weight is 566 g/mol. The number of carbonyl (C=O) groups is 2. The molecule has 5 rings (SSSR count). The van der Waals surface area contributed by atoms with Gasteiger partial charge in [0.25, 0.3) is 5.91 Å². The van der Waals surface area contributed by atoms with Crippen LogP contribution >= 0.6 is 0 Å². The molecule has 1 saturated heterocycles. The average Bonchev–Trinajstić information content (AvgIpc) is 3.67. The van der Waals surface area contributed by atoms with Crippen LogP contribution in [0.15, 0.2) is 91.0 Å². The molecule has 0 saturated carbocycles. The number of carbonyl (C=O) groups excluding carboxylic acids is 2. The van der Waals surface area contributed by atoms with Gasteiger partial charge in [-0.1, -0.05) is 78.9 Å². The van der Waals surface area contributed by atoms with E-state index in [1.54, 1.807) is 4.90 Å². The largest absolute Gasteiger partial charge is 0.444 e. The van der Waals surface area contributed by atoms with E-state index in [2.05, 4.69) is 33.0 Å². The molecule has 3 aromatic carbocycles. The van der Waals surface area contributed by atoms with Crippen LogP contribution < -0.4 is 10.6 Å². The highest BCUT2D eigenvalue weighted by Gasteiger charge is 2.30. The predicted molar refractivity (Wildman–Crippen MR) is 165 cm³/mol. The van der Waals surface area contributed by atoms with Crippen LogP contribution in [0.25, 0.3) is 22.5 Å². The van der Waals surface area contributed by atoms with Gasteiger partial charge in [0.1, 0.15) is 5.60 Å². The Labute approximate surface area is 247 Å². The SMILES string of the molecule is CC(C)(C)OC(=O)N1CCC(NCC(Cc2ccccc2)NC(=O)c2ccccc2-c2cc(-c3ccccc3)[nH]n2)C1. The topological polar surface area (TPSA) is 99.4 Å². The number of likely N-dealkylation sites (tertiary alicyclic amines) is 1. The first-order chi connectivity index (χ1) is 20.2. The maximum Gasteiger partial charge on any atom is 0.410 e. The summed E-state index contributed by atoms with van der Waals surface area (Å²) in [6, 6.07) is 29.6. The van der Waals surface area contributed by atoms with Gasteiger partial charge in [0.2, 0.25) is 0 Å². The molecule has 2 unspecified atom stereocenters. The van der Waals surface area contributed by atoms with Crippen molar-refractivity contribution in [1.82, 2.24) is 25.7 Å². The van der Waals surface area contributed by atoms with Gasteiger partial charge in [0.15, 0.2) is 0 Å². The number of aromatic amines is 1. The Morgan fingerprint density at radius 1 is 1.00 bits per heavy atom. The molecule has 1 fully saturated rings. The van der Waals surface area contributed by atoms with E-state index in [0.29, 0.717) is 37.3 Å². The molecule has 1 aliphatic heterocycles. The van der Waals surface area contributed by atoms with Crippen molar-refractivity contribution in [3.63, 3.8) is 0 Å². The summed E-state index contributed by atoms with van der Waals surface area (Å²) >= 11 is 0. The molecule has 1 aliphatic rings. The maximum atomic E-state index is 13.7. The smallest absolute Gasteiger partial charge is 0.410 e. The number of ether oxygens (including phenoxy) is 1. The minimum absolute atomic E-state index is 0.125. The van der Waals surface area contributed by atoms with Gasteiger partial charge >= 0.3 is 6.09 Å². The van der Waals surface area contributed by atoms with E-state index in [9.17, 15) is 9.59 Å². The van der Waals surface area contributed by atoms with Crippen molar-refractivity contribution in [1.29, 1.82) is 0 Å². The minimum Gasteiger partial charge on any atom is -0.444 e. The molecule has 2 amide bonds. The lowest BCUT2D eigenvalue weighted by Crippen LogP contribution is -2.47. The molecule has 1 aromatic heterocycles. The Balaban J connectivity index is 1.28. The van der Waals surface area contributed by atoms with Crippen molar-refractivity contribution in [3.8, 4) is 22.5 Å². The molecule has 0 spiro atoms. The molecule has 2 atom stereocenters. The van der Waals surface area contributed by atoms with E-state index in [1.807, 2.05) is 99.6 Å². The zero-order chi connectivity index (χ0) is 29.5. The van der Waals surface area contributed by atoms with Crippen LogP contribution in [0.3, 0.4) is 0 Å². The number of H-pyrrole nitrogens is 1. The lowest BCUT2D eigenvalue weighted by atomic mass is 10.0. The highest BCUT2D eigenvalue weighted by atomic mass is 16.6. The van der Waals surface area contributed by atoms with E-state index in [0.717, 1.165) is 28.8 Å². The quantitative estimate of drug-likeness (QED) is 0.242. The fraction of sp³-hybridized carbons (Fsp3) is 0.324. The van der Waals surface area contributed by atoms with E-state index >= 15 is 0 Å². The number of nitrogens with one attached hydrogen (secondary N) is 3. The van der Waals surface area contributed by atoms with Crippen molar-refractivity contribution < 1.29 is 14.3 Å². The summed E-state index contributed by atoms with van der Waals surface area (Å²) < 4.78 is 5.55. The second-order valence-electron chi connectivity index (χ2n) is 11.8. The van der Waals surface area contributed by atoms with Gasteiger partial charge in [-0.15, -0.1) is 0 Å². The summed E-state index contributed by atoms with van der Waals surface area (Å²) in [4.78, 5) is 28.0. The van der Waals surface area contributed by atoms with Crippen molar-refractivity contribution in [2.24, 2.45) is 0 Å². The summed E-state index contributed by atoms with van der Waals surface area (Å²) in [7, 11) is 0. The van der Waals surface area contributed by atoms with Gasteiger partial charge in [-0.3, -0.25) is 9.89 Å². The van der Waals surface area contributed by atoms with Crippen LogP contribution in [-0.2, 0) is 11.2 Å². The zero-order valence-corrected chi connectivity index (χ0v) is 24.5. The molecular formula is C34H39N5O3. The fourth-order valence-corrected chi connectivity index (χ4v) is 5.19. The molecule has 0 radical (unpaired) electrons. The van der Waals surface area contributed by atoms with Crippen LogP contribution in [0.4, 0.5) is 4.79 Å². The monoisotopic (exact) mass is 565 g/mol. The van der Waals surface area contributed by atoms with Crippen molar-refractivity contribution in [2.75, 3.05) is 19.6 Å². The third-order valence-corrected chi connectivity index (χ3v) is 7.26. The second kappa shape index (κ2) is 13.0. The summed E-state index contributed by atoms with van der Waals surface area (Å²) in [6.07, 6.45) is 1.22. The summed E-state index contributed by atoms with van der Waals surface area (Å²) in [5.41, 5.74) is 4.59. The summed E-state index contributed by atoms with van der Waals surface area (Å²) in [5.74, 6) is -0.153. The number of benzene rings is 3. The van der Waals surface area contributed by atoms with Gasteiger partial charge in [0, 0.05) is 42.8 Å². The fourth-order valence-electron chi connectivity index (χ4n) is 5.19. The standard InChI is InChI=1S/C34H39N5O3/c1-34(2,3)42-33(41)39-19-18-26(23-39)35-22-27(20-24-12-6-4-7-13-24)36-32(40)29-17-11-10-16-28(29)31-21-30(37-38-31)25-14-8-5-9-15-25/h4-17,21,26-27,35H,18-20,22-23H2,1-3H3,(H,36,40)(H,37,38). The Morgan fingerprint density at radius 2 is 1.69 bits per heavy atom. The first-order valence-corrected chi connectivity index (χ1v) is 14.5. The van der Waals surface area contributed by atoms with Crippen LogP contribution in [0.2, 0.25) is 0 Å². The molecule has 218 valence electrons. The summed E-state index contributed by atoms with van der Waals surface area (Å²) in [6.45, 7) is 7.41. The molecule has 0 aliphatic carbocycles. The Kier molecular flexibility index (Phi) is 9.03. The molecule has 42 heavy (non-hydrogen) atoms. The predicted octanol–water partition coefficient (Wildman–Crippen LogP) is 5.68. The number of aromatic nitrogens is 2. The number of nitrogens with zero attached hydrogens (tertiary/aromatic N) is 2. The highest BCUT2D eigenvalue weighted by molar-refractivity contribution is 6.00. The normalized spacial score (nSPS) is 15.8. The van der Waals surface area contributed by atoms with Crippen molar-refractivity contribution in [3.05, 3.63) is 102 Å². The number of rotatable bonds is 9. The van der Waals surface area contributed by atoms with Crippen LogP contribution in [0.1, 0.15) is 43.1 Å². The Hall–Kier alpha value is -4.43. The number of hydrogen-bond acceptors (Lipinski definition) is 5. The molecule has 0 bridgehead atoms. The van der Waals surface area contributed by atoms with E-state index < -0.39 is 5.60 Å². The van der Waals surface area contributed by atoms with Crippen LogP contribution in [0, 0.1) is 0 Å². The minimum atomic E-state index is -0.525. The van der Waals surface area contributed by atoms with Crippen molar-refractivity contribution in [2.45, 2.75) is 51.3 Å². The van der Waals surface area contributed by atoms with E-state index in [-0.39, 0.29) is 24.1 Å². The lowest BCUT2D eigenvalue weighted by Gasteiger charge is -2.25. The first-order valence-electron chi connectivity index (χ1n) is 14.5. The number of hydrogen-bond donors (Lipinski definition) is 3. The molecule has 3 N–H and O–H groups in total. The zero-order valence-electron chi connectivity index (χ0n) is 24.5. The maximum absolute atomic E-state index is 13.7. The molecule has 8 heteroatoms. The van der Waals surface area contributed by atoms with Gasteiger partial charge in [-0.2, -0.15) is 5.10 Å². The van der Waals surface area contributed by atoms with Crippen LogP contribution in [-0.4, -0.2) is 64.4 Å². The van der Waals surface area contributed by atoms with Gasteiger partial charge < -0.3 is 20.3 Å². The van der Waals surface area contributed by atoms with Gasteiger partial charge in [0.05, 0.1) is 11.4 Å². The lowest BCUT2D eigenvalue weighted by molar-refractivity contribution is 0.0291. The molecule has 8 nitrogen and oxygen atoms in total. The highest BCUT2D eigenvalue weighted by Crippen LogP contribution is 2.26. The number of amides is 2. The van der Waals surface area contributed by atoms with E-state index in [1.165, 1.54) is 0 Å². The first kappa shape index (κ1) is 29.1. The second-order valence-corrected chi connectivity index (χ2v) is 11.8. The Bertz CT molecular complexity index is 1480.